The number of ether oxygens (including phenoxy) is 1. The van der Waals surface area contributed by atoms with Crippen molar-refractivity contribution in [3.63, 3.8) is 0 Å². The first-order valence-corrected chi connectivity index (χ1v) is 7.19. The van der Waals surface area contributed by atoms with Gasteiger partial charge < -0.3 is 14.7 Å². The van der Waals surface area contributed by atoms with Crippen molar-refractivity contribution in [1.29, 1.82) is 0 Å². The highest BCUT2D eigenvalue weighted by molar-refractivity contribution is 5.28. The second-order valence-electron chi connectivity index (χ2n) is 5.13. The van der Waals surface area contributed by atoms with Gasteiger partial charge in [-0.2, -0.15) is 0 Å². The number of nitrogens with zero attached hydrogens (tertiary/aromatic N) is 1. The number of likely N-dealkylation sites (N-methyl/N-ethyl adjacent to an activating group) is 1. The summed E-state index contributed by atoms with van der Waals surface area (Å²) in [6.07, 6.45) is 1.65. The number of benzene rings is 1. The topological polar surface area (TPSA) is 32.7 Å². The van der Waals surface area contributed by atoms with Crippen molar-refractivity contribution in [2.24, 2.45) is 0 Å². The zero-order chi connectivity index (χ0) is 14.3. The minimum atomic E-state index is -0.445. The van der Waals surface area contributed by atoms with Crippen LogP contribution in [0.3, 0.4) is 0 Å². The molecular formula is C16H27NO2. The molecule has 0 saturated carbocycles. The van der Waals surface area contributed by atoms with Crippen LogP contribution in [0.5, 0.6) is 5.75 Å². The molecular weight excluding hydrogens is 238 g/mol. The number of rotatable bonds is 8. The van der Waals surface area contributed by atoms with Crippen LogP contribution in [0.2, 0.25) is 0 Å². The fourth-order valence-electron chi connectivity index (χ4n) is 1.88. The van der Waals surface area contributed by atoms with Crippen molar-refractivity contribution in [2.75, 3.05) is 20.2 Å². The van der Waals surface area contributed by atoms with E-state index < -0.39 is 6.10 Å². The zero-order valence-electron chi connectivity index (χ0n) is 12.6. The lowest BCUT2D eigenvalue weighted by atomic mass is 10.1. The van der Waals surface area contributed by atoms with Gasteiger partial charge in [-0.25, -0.2) is 0 Å². The summed E-state index contributed by atoms with van der Waals surface area (Å²) in [6.45, 7) is 7.81. The molecule has 0 amide bonds. The highest BCUT2D eigenvalue weighted by Gasteiger charge is 2.14. The molecule has 3 heteroatoms. The minimum absolute atomic E-state index is 0.445. The Hall–Kier alpha value is -1.06. The SMILES string of the molecule is CCCOc1ccc(C(O)CN(C)C(C)CC)cc1. The van der Waals surface area contributed by atoms with Crippen LogP contribution in [-0.2, 0) is 0 Å². The van der Waals surface area contributed by atoms with Gasteiger partial charge in [-0.3, -0.25) is 0 Å². The maximum Gasteiger partial charge on any atom is 0.119 e. The number of aliphatic hydroxyl groups is 1. The Labute approximate surface area is 117 Å². The first kappa shape index (κ1) is 16.0. The summed E-state index contributed by atoms with van der Waals surface area (Å²) in [7, 11) is 2.05. The molecule has 0 radical (unpaired) electrons. The Kier molecular flexibility index (Phi) is 6.89. The predicted octanol–water partition coefficient (Wildman–Crippen LogP) is 3.24. The van der Waals surface area contributed by atoms with Crippen LogP contribution in [0.4, 0.5) is 0 Å². The van der Waals surface area contributed by atoms with Gasteiger partial charge in [0.1, 0.15) is 5.75 Å². The van der Waals surface area contributed by atoms with Gasteiger partial charge >= 0.3 is 0 Å². The summed E-state index contributed by atoms with van der Waals surface area (Å²) in [6, 6.07) is 8.23. The Morgan fingerprint density at radius 2 is 1.84 bits per heavy atom. The summed E-state index contributed by atoms with van der Waals surface area (Å²) in [5.74, 6) is 0.869. The summed E-state index contributed by atoms with van der Waals surface area (Å²) >= 11 is 0. The zero-order valence-corrected chi connectivity index (χ0v) is 12.6. The molecule has 0 bridgehead atoms. The molecule has 0 aliphatic rings. The van der Waals surface area contributed by atoms with E-state index >= 15 is 0 Å². The highest BCUT2D eigenvalue weighted by atomic mass is 16.5. The van der Waals surface area contributed by atoms with Gasteiger partial charge in [0.05, 0.1) is 12.7 Å². The van der Waals surface area contributed by atoms with Gasteiger partial charge in [0.2, 0.25) is 0 Å². The molecule has 0 spiro atoms. The highest BCUT2D eigenvalue weighted by Crippen LogP contribution is 2.19. The van der Waals surface area contributed by atoms with Crippen LogP contribution >= 0.6 is 0 Å². The van der Waals surface area contributed by atoms with E-state index in [0.29, 0.717) is 12.6 Å². The molecule has 19 heavy (non-hydrogen) atoms. The molecule has 2 unspecified atom stereocenters. The molecule has 3 nitrogen and oxygen atoms in total. The molecule has 1 aromatic carbocycles. The first-order chi connectivity index (χ1) is 9.08. The lowest BCUT2D eigenvalue weighted by molar-refractivity contribution is 0.107. The standard InChI is InChI=1S/C16H27NO2/c1-5-11-19-15-9-7-14(8-10-15)16(18)12-17(4)13(3)6-2/h7-10,13,16,18H,5-6,11-12H2,1-4H3. The smallest absolute Gasteiger partial charge is 0.119 e. The predicted molar refractivity (Wildman–Crippen MR) is 79.6 cm³/mol. The quantitative estimate of drug-likeness (QED) is 0.783. The van der Waals surface area contributed by atoms with E-state index in [4.69, 9.17) is 4.74 Å². The van der Waals surface area contributed by atoms with E-state index in [-0.39, 0.29) is 0 Å². The van der Waals surface area contributed by atoms with Crippen LogP contribution in [0.1, 0.15) is 45.3 Å². The maximum atomic E-state index is 10.2. The maximum absolute atomic E-state index is 10.2. The van der Waals surface area contributed by atoms with Gasteiger partial charge in [-0.05, 0) is 44.5 Å². The summed E-state index contributed by atoms with van der Waals surface area (Å²) < 4.78 is 5.53. The van der Waals surface area contributed by atoms with Crippen LogP contribution in [-0.4, -0.2) is 36.2 Å². The lowest BCUT2D eigenvalue weighted by Gasteiger charge is -2.26. The van der Waals surface area contributed by atoms with Gasteiger partial charge in [0.15, 0.2) is 0 Å². The number of hydrogen-bond acceptors (Lipinski definition) is 3. The van der Waals surface area contributed by atoms with E-state index in [1.165, 1.54) is 0 Å². The minimum Gasteiger partial charge on any atom is -0.494 e. The average Bonchev–Trinajstić information content (AvgIpc) is 2.44. The summed E-state index contributed by atoms with van der Waals surface area (Å²) in [5, 5.41) is 10.2. The molecule has 0 heterocycles. The second kappa shape index (κ2) is 8.18. The first-order valence-electron chi connectivity index (χ1n) is 7.19. The molecule has 1 rings (SSSR count). The molecule has 1 N–H and O–H groups in total. The molecule has 0 fully saturated rings. The monoisotopic (exact) mass is 265 g/mol. The van der Waals surface area contributed by atoms with Crippen molar-refractivity contribution in [3.8, 4) is 5.75 Å². The van der Waals surface area contributed by atoms with E-state index in [9.17, 15) is 5.11 Å². The van der Waals surface area contributed by atoms with Crippen molar-refractivity contribution in [2.45, 2.75) is 45.8 Å². The number of aliphatic hydroxyl groups excluding tert-OH is 1. The normalized spacial score (nSPS) is 14.4. The van der Waals surface area contributed by atoms with Crippen LogP contribution in [0.15, 0.2) is 24.3 Å². The molecule has 108 valence electrons. The third kappa shape index (κ3) is 5.21. The van der Waals surface area contributed by atoms with Crippen molar-refractivity contribution in [1.82, 2.24) is 4.90 Å². The lowest BCUT2D eigenvalue weighted by Crippen LogP contribution is -2.32. The van der Waals surface area contributed by atoms with Crippen LogP contribution in [0, 0.1) is 0 Å². The van der Waals surface area contributed by atoms with E-state index in [0.717, 1.165) is 30.8 Å². The Bertz CT molecular complexity index is 350. The molecule has 0 saturated heterocycles. The van der Waals surface area contributed by atoms with E-state index in [1.807, 2.05) is 24.3 Å². The van der Waals surface area contributed by atoms with Crippen molar-refractivity contribution >= 4 is 0 Å². The molecule has 0 aromatic heterocycles. The Balaban J connectivity index is 2.55. The van der Waals surface area contributed by atoms with Gasteiger partial charge in [-0.1, -0.05) is 26.0 Å². The second-order valence-corrected chi connectivity index (χ2v) is 5.13. The fourth-order valence-corrected chi connectivity index (χ4v) is 1.88. The molecule has 2 atom stereocenters. The largest absolute Gasteiger partial charge is 0.494 e. The van der Waals surface area contributed by atoms with E-state index in [1.54, 1.807) is 0 Å². The average molecular weight is 265 g/mol. The van der Waals surface area contributed by atoms with Crippen LogP contribution < -0.4 is 4.74 Å². The van der Waals surface area contributed by atoms with Gasteiger partial charge in [0.25, 0.3) is 0 Å². The van der Waals surface area contributed by atoms with Crippen molar-refractivity contribution < 1.29 is 9.84 Å². The number of hydrogen-bond donors (Lipinski definition) is 1. The Morgan fingerprint density at radius 3 is 2.37 bits per heavy atom. The van der Waals surface area contributed by atoms with E-state index in [2.05, 4.69) is 32.7 Å². The summed E-state index contributed by atoms with van der Waals surface area (Å²) in [5.41, 5.74) is 0.944. The van der Waals surface area contributed by atoms with Crippen molar-refractivity contribution in [3.05, 3.63) is 29.8 Å². The van der Waals surface area contributed by atoms with Gasteiger partial charge in [-0.15, -0.1) is 0 Å². The molecule has 0 aliphatic carbocycles. The Morgan fingerprint density at radius 1 is 1.21 bits per heavy atom. The summed E-state index contributed by atoms with van der Waals surface area (Å²) in [4.78, 5) is 2.19. The third-order valence-corrected chi connectivity index (χ3v) is 3.54. The molecule has 0 aliphatic heterocycles. The third-order valence-electron chi connectivity index (χ3n) is 3.54. The molecule has 1 aromatic rings. The fraction of sp³-hybridized carbons (Fsp3) is 0.625. The van der Waals surface area contributed by atoms with Gasteiger partial charge in [0, 0.05) is 12.6 Å². The van der Waals surface area contributed by atoms with Crippen LogP contribution in [0.25, 0.3) is 0 Å².